The van der Waals surface area contributed by atoms with Gasteiger partial charge in [-0.15, -0.1) is 0 Å². The van der Waals surface area contributed by atoms with E-state index < -0.39 is 0 Å². The maximum atomic E-state index is 11.8. The van der Waals surface area contributed by atoms with Crippen LogP contribution in [0.5, 0.6) is 0 Å². The zero-order chi connectivity index (χ0) is 19.8. The third-order valence-electron chi connectivity index (χ3n) is 5.95. The lowest BCUT2D eigenvalue weighted by Gasteiger charge is -2.42. The first kappa shape index (κ1) is 19.4. The predicted octanol–water partition coefficient (Wildman–Crippen LogP) is 6.27. The van der Waals surface area contributed by atoms with Crippen molar-refractivity contribution in [1.82, 2.24) is 0 Å². The topological polar surface area (TPSA) is 26.3 Å². The first-order valence-corrected chi connectivity index (χ1v) is 9.77. The van der Waals surface area contributed by atoms with Crippen LogP contribution in [0.3, 0.4) is 0 Å². The maximum Gasteiger partial charge on any atom is 0.338 e. The molecule has 0 unspecified atom stereocenters. The smallest absolute Gasteiger partial charge is 0.338 e. The first-order valence-electron chi connectivity index (χ1n) is 9.77. The molecule has 27 heavy (non-hydrogen) atoms. The van der Waals surface area contributed by atoms with Gasteiger partial charge in [-0.05, 0) is 70.6 Å². The number of hydrogen-bond donors (Lipinski definition) is 0. The summed E-state index contributed by atoms with van der Waals surface area (Å²) < 4.78 is 5.06. The van der Waals surface area contributed by atoms with Gasteiger partial charge in [0.1, 0.15) is 0 Å². The van der Waals surface area contributed by atoms with Crippen molar-refractivity contribution in [2.45, 2.75) is 58.3 Å². The summed E-state index contributed by atoms with van der Waals surface area (Å²) >= 11 is 0. The van der Waals surface area contributed by atoms with Crippen LogP contribution >= 0.6 is 0 Å². The van der Waals surface area contributed by atoms with Crippen molar-refractivity contribution in [3.05, 3.63) is 76.9 Å². The lowest BCUT2D eigenvalue weighted by Crippen LogP contribution is -2.33. The molecule has 2 heteroatoms. The number of carbonyl (C=O) groups excluding carboxylic acids is 1. The average molecular weight is 363 g/mol. The lowest BCUT2D eigenvalue weighted by molar-refractivity contribution is 0.0526. The van der Waals surface area contributed by atoms with Gasteiger partial charge in [-0.25, -0.2) is 4.79 Å². The van der Waals surface area contributed by atoms with Crippen molar-refractivity contribution in [3.63, 3.8) is 0 Å². The second kappa shape index (κ2) is 6.99. The second-order valence-corrected chi connectivity index (χ2v) is 8.80. The van der Waals surface area contributed by atoms with Gasteiger partial charge in [0.25, 0.3) is 0 Å². The Hall–Kier alpha value is -2.35. The van der Waals surface area contributed by atoms with Crippen LogP contribution < -0.4 is 0 Å². The minimum Gasteiger partial charge on any atom is -0.462 e. The molecule has 2 nitrogen and oxygen atoms in total. The average Bonchev–Trinajstić information content (AvgIpc) is 2.65. The summed E-state index contributed by atoms with van der Waals surface area (Å²) in [7, 11) is 0. The number of ether oxygens (including phenoxy) is 1. The van der Waals surface area contributed by atoms with E-state index in [2.05, 4.69) is 52.5 Å². The van der Waals surface area contributed by atoms with Crippen LogP contribution in [0.15, 0.2) is 49.0 Å². The van der Waals surface area contributed by atoms with Crippen molar-refractivity contribution < 1.29 is 9.53 Å². The van der Waals surface area contributed by atoms with Gasteiger partial charge in [0.15, 0.2) is 0 Å². The summed E-state index contributed by atoms with van der Waals surface area (Å²) in [5.41, 5.74) is 6.99. The van der Waals surface area contributed by atoms with Crippen molar-refractivity contribution in [3.8, 4) is 0 Å². The molecule has 2 aromatic carbocycles. The molecule has 0 spiro atoms. The van der Waals surface area contributed by atoms with Crippen LogP contribution in [0.25, 0.3) is 5.57 Å². The number of esters is 1. The Labute approximate surface area is 163 Å². The zero-order valence-corrected chi connectivity index (χ0v) is 17.2. The number of carbonyl (C=O) groups is 1. The summed E-state index contributed by atoms with van der Waals surface area (Å²) in [4.78, 5) is 11.8. The summed E-state index contributed by atoms with van der Waals surface area (Å²) in [6.07, 6.45) is 2.40. The second-order valence-electron chi connectivity index (χ2n) is 8.80. The minimum atomic E-state index is -0.285. The highest BCUT2D eigenvalue weighted by molar-refractivity contribution is 5.90. The molecule has 1 aliphatic rings. The minimum absolute atomic E-state index is 0.176. The Balaban J connectivity index is 1.93. The molecule has 0 saturated carbocycles. The van der Waals surface area contributed by atoms with Gasteiger partial charge in [-0.1, -0.05) is 64.6 Å². The fourth-order valence-corrected chi connectivity index (χ4v) is 3.96. The summed E-state index contributed by atoms with van der Waals surface area (Å²) in [6, 6.07) is 14.3. The third kappa shape index (κ3) is 3.71. The number of benzene rings is 2. The molecule has 0 heterocycles. The van der Waals surface area contributed by atoms with Crippen LogP contribution in [0.4, 0.5) is 0 Å². The Morgan fingerprint density at radius 1 is 0.889 bits per heavy atom. The van der Waals surface area contributed by atoms with Crippen molar-refractivity contribution in [2.24, 2.45) is 0 Å². The fourth-order valence-electron chi connectivity index (χ4n) is 3.96. The van der Waals surface area contributed by atoms with Crippen LogP contribution in [-0.4, -0.2) is 12.6 Å². The van der Waals surface area contributed by atoms with Crippen molar-refractivity contribution >= 4 is 11.5 Å². The quantitative estimate of drug-likeness (QED) is 0.599. The maximum absolute atomic E-state index is 11.8. The van der Waals surface area contributed by atoms with Gasteiger partial charge in [0.2, 0.25) is 0 Å². The van der Waals surface area contributed by atoms with E-state index in [1.807, 2.05) is 31.2 Å². The monoisotopic (exact) mass is 362 g/mol. The van der Waals surface area contributed by atoms with E-state index >= 15 is 0 Å². The summed E-state index contributed by atoms with van der Waals surface area (Å²) in [6.45, 7) is 15.9. The van der Waals surface area contributed by atoms with E-state index in [-0.39, 0.29) is 16.8 Å². The predicted molar refractivity (Wildman–Crippen MR) is 112 cm³/mol. The van der Waals surface area contributed by atoms with E-state index in [1.54, 1.807) is 0 Å². The van der Waals surface area contributed by atoms with Crippen LogP contribution in [-0.2, 0) is 15.6 Å². The Morgan fingerprint density at radius 3 is 2.00 bits per heavy atom. The molecule has 0 atom stereocenters. The highest BCUT2D eigenvalue weighted by atomic mass is 16.5. The van der Waals surface area contributed by atoms with Crippen molar-refractivity contribution in [2.75, 3.05) is 6.61 Å². The molecule has 3 rings (SSSR count). The third-order valence-corrected chi connectivity index (χ3v) is 5.95. The Kier molecular flexibility index (Phi) is 5.03. The largest absolute Gasteiger partial charge is 0.462 e. The van der Waals surface area contributed by atoms with Gasteiger partial charge in [0, 0.05) is 0 Å². The number of rotatable bonds is 4. The van der Waals surface area contributed by atoms with Gasteiger partial charge < -0.3 is 4.74 Å². The molecule has 142 valence electrons. The zero-order valence-electron chi connectivity index (χ0n) is 17.2. The molecule has 1 aliphatic carbocycles. The molecular weight excluding hydrogens is 332 g/mol. The Morgan fingerprint density at radius 2 is 1.41 bits per heavy atom. The molecular formula is C25H30O2. The number of hydrogen-bond acceptors (Lipinski definition) is 2. The Bertz CT molecular complexity index is 870. The summed E-state index contributed by atoms with van der Waals surface area (Å²) in [5, 5.41) is 0. The molecule has 0 aromatic heterocycles. The van der Waals surface area contributed by atoms with Gasteiger partial charge in [-0.2, -0.15) is 0 Å². The van der Waals surface area contributed by atoms with Crippen LogP contribution in [0.2, 0.25) is 0 Å². The SMILES string of the molecule is C=C(c1ccc(C(=O)OCC)cc1)c1ccc2c(c1)C(C)(C)CCC2(C)C. The van der Waals surface area contributed by atoms with E-state index in [1.165, 1.54) is 24.0 Å². The molecule has 0 amide bonds. The summed E-state index contributed by atoms with van der Waals surface area (Å²) in [5.74, 6) is -0.285. The molecule has 0 aliphatic heterocycles. The van der Waals surface area contributed by atoms with E-state index in [9.17, 15) is 4.79 Å². The fraction of sp³-hybridized carbons (Fsp3) is 0.400. The highest BCUT2D eigenvalue weighted by Gasteiger charge is 2.37. The molecule has 0 bridgehead atoms. The lowest BCUT2D eigenvalue weighted by atomic mass is 9.63. The molecule has 0 radical (unpaired) electrons. The molecule has 0 saturated heterocycles. The van der Waals surface area contributed by atoms with Crippen LogP contribution in [0.1, 0.15) is 80.1 Å². The molecule has 0 N–H and O–H groups in total. The van der Waals surface area contributed by atoms with Crippen LogP contribution in [0, 0.1) is 0 Å². The standard InChI is InChI=1S/C25H30O2/c1-7-27-23(26)19-10-8-18(9-11-19)17(2)20-12-13-21-22(16-20)25(5,6)15-14-24(21,3)4/h8-13,16H,2,7,14-15H2,1,3-6H3. The van der Waals surface area contributed by atoms with E-state index in [4.69, 9.17) is 4.74 Å². The van der Waals surface area contributed by atoms with Gasteiger partial charge in [-0.3, -0.25) is 0 Å². The van der Waals surface area contributed by atoms with Crippen molar-refractivity contribution in [1.29, 1.82) is 0 Å². The first-order chi connectivity index (χ1) is 12.7. The van der Waals surface area contributed by atoms with E-state index in [0.717, 1.165) is 16.7 Å². The van der Waals surface area contributed by atoms with Gasteiger partial charge >= 0.3 is 5.97 Å². The molecule has 2 aromatic rings. The van der Waals surface area contributed by atoms with Gasteiger partial charge in [0.05, 0.1) is 12.2 Å². The highest BCUT2D eigenvalue weighted by Crippen LogP contribution is 2.46. The van der Waals surface area contributed by atoms with E-state index in [0.29, 0.717) is 12.2 Å². The number of fused-ring (bicyclic) bond motifs is 1. The normalized spacial score (nSPS) is 17.1. The molecule has 0 fully saturated rings.